The van der Waals surface area contributed by atoms with Crippen molar-refractivity contribution in [3.63, 3.8) is 0 Å². The molecule has 176 valence electrons. The zero-order valence-corrected chi connectivity index (χ0v) is 19.9. The molecule has 0 radical (unpaired) electrons. The van der Waals surface area contributed by atoms with Crippen LogP contribution in [-0.4, -0.2) is 33.3 Å². The number of anilines is 2. The molecule has 3 aromatic rings. The third-order valence-electron chi connectivity index (χ3n) is 5.32. The molecule has 0 saturated carbocycles. The number of hydrogen-bond donors (Lipinski definition) is 2. The van der Waals surface area contributed by atoms with E-state index in [1.54, 1.807) is 60.7 Å². The van der Waals surface area contributed by atoms with Gasteiger partial charge in [-0.15, -0.1) is 6.58 Å². The van der Waals surface area contributed by atoms with Crippen LogP contribution in [0.2, 0.25) is 0 Å². The molecule has 0 spiro atoms. The highest BCUT2D eigenvalue weighted by Gasteiger charge is 2.28. The summed E-state index contributed by atoms with van der Waals surface area (Å²) in [5, 5.41) is 5.37. The molecule has 3 aromatic carbocycles. The van der Waals surface area contributed by atoms with Crippen LogP contribution in [0, 0.1) is 13.8 Å². The highest BCUT2D eigenvalue weighted by Crippen LogP contribution is 2.28. The van der Waals surface area contributed by atoms with E-state index in [1.807, 2.05) is 19.9 Å². The van der Waals surface area contributed by atoms with Crippen LogP contribution in [0.1, 0.15) is 21.5 Å². The first-order valence-corrected chi connectivity index (χ1v) is 12.1. The maximum atomic E-state index is 13.6. The summed E-state index contributed by atoms with van der Waals surface area (Å²) in [6.07, 6.45) is 1.55. The SMILES string of the molecule is C=CCNC(=O)c1ccccc1NC(=O)CN(c1cccc(C)c1C)S(=O)(=O)c1ccccc1. The number of carbonyl (C=O) groups excluding carboxylic acids is 2. The fourth-order valence-electron chi connectivity index (χ4n) is 3.40. The van der Waals surface area contributed by atoms with E-state index in [1.165, 1.54) is 12.1 Å². The molecule has 0 aromatic heterocycles. The van der Waals surface area contributed by atoms with Gasteiger partial charge in [-0.1, -0.05) is 48.5 Å². The van der Waals surface area contributed by atoms with Gasteiger partial charge in [0.15, 0.2) is 0 Å². The average Bonchev–Trinajstić information content (AvgIpc) is 2.84. The number of nitrogens with one attached hydrogen (secondary N) is 2. The van der Waals surface area contributed by atoms with Crippen molar-refractivity contribution >= 4 is 33.2 Å². The Balaban J connectivity index is 1.96. The van der Waals surface area contributed by atoms with Crippen LogP contribution in [0.5, 0.6) is 0 Å². The van der Waals surface area contributed by atoms with E-state index in [0.29, 0.717) is 5.69 Å². The first kappa shape index (κ1) is 24.7. The number of hydrogen-bond acceptors (Lipinski definition) is 4. The Morgan fingerprint density at radius 2 is 1.62 bits per heavy atom. The molecule has 0 aliphatic heterocycles. The number of para-hydroxylation sites is 1. The van der Waals surface area contributed by atoms with Gasteiger partial charge in [-0.05, 0) is 55.3 Å². The van der Waals surface area contributed by atoms with Crippen LogP contribution in [0.4, 0.5) is 11.4 Å². The smallest absolute Gasteiger partial charge is 0.264 e. The van der Waals surface area contributed by atoms with Gasteiger partial charge in [0.2, 0.25) is 5.91 Å². The normalized spacial score (nSPS) is 10.9. The molecule has 0 saturated heterocycles. The van der Waals surface area contributed by atoms with E-state index in [-0.39, 0.29) is 28.6 Å². The number of aryl methyl sites for hydroxylation is 1. The molecule has 8 heteroatoms. The van der Waals surface area contributed by atoms with Gasteiger partial charge < -0.3 is 10.6 Å². The molecule has 2 amide bonds. The minimum atomic E-state index is -4.04. The van der Waals surface area contributed by atoms with E-state index in [9.17, 15) is 18.0 Å². The van der Waals surface area contributed by atoms with E-state index in [4.69, 9.17) is 0 Å². The van der Waals surface area contributed by atoms with E-state index in [0.717, 1.165) is 15.4 Å². The summed E-state index contributed by atoms with van der Waals surface area (Å²) in [4.78, 5) is 25.6. The molecular formula is C26H27N3O4S. The molecular weight excluding hydrogens is 450 g/mol. The van der Waals surface area contributed by atoms with Gasteiger partial charge in [0.25, 0.3) is 15.9 Å². The summed E-state index contributed by atoms with van der Waals surface area (Å²) in [5.74, 6) is -0.955. The summed E-state index contributed by atoms with van der Waals surface area (Å²) < 4.78 is 28.2. The van der Waals surface area contributed by atoms with Gasteiger partial charge in [0.1, 0.15) is 6.54 Å². The Bertz CT molecular complexity index is 1300. The second-order valence-corrected chi connectivity index (χ2v) is 9.50. The van der Waals surface area contributed by atoms with Crippen molar-refractivity contribution in [2.75, 3.05) is 22.7 Å². The molecule has 3 rings (SSSR count). The van der Waals surface area contributed by atoms with Crippen molar-refractivity contribution in [1.29, 1.82) is 0 Å². The fraction of sp³-hybridized carbons (Fsp3) is 0.154. The van der Waals surface area contributed by atoms with E-state index in [2.05, 4.69) is 17.2 Å². The van der Waals surface area contributed by atoms with Crippen molar-refractivity contribution in [3.05, 3.63) is 102 Å². The van der Waals surface area contributed by atoms with Crippen molar-refractivity contribution in [2.24, 2.45) is 0 Å². The summed E-state index contributed by atoms with van der Waals surface area (Å²) in [6.45, 7) is 7.07. The second kappa shape index (κ2) is 10.8. The first-order valence-electron chi connectivity index (χ1n) is 10.7. The molecule has 0 aliphatic carbocycles. The van der Waals surface area contributed by atoms with Gasteiger partial charge in [0, 0.05) is 6.54 Å². The summed E-state index contributed by atoms with van der Waals surface area (Å²) in [5.41, 5.74) is 2.61. The van der Waals surface area contributed by atoms with Crippen LogP contribution in [0.15, 0.2) is 90.3 Å². The second-order valence-electron chi connectivity index (χ2n) is 7.64. The van der Waals surface area contributed by atoms with Crippen LogP contribution in [-0.2, 0) is 14.8 Å². The third-order valence-corrected chi connectivity index (χ3v) is 7.09. The molecule has 0 bridgehead atoms. The minimum absolute atomic E-state index is 0.0768. The number of amides is 2. The topological polar surface area (TPSA) is 95.6 Å². The Labute approximate surface area is 200 Å². The predicted octanol–water partition coefficient (Wildman–Crippen LogP) is 4.05. The molecule has 7 nitrogen and oxygen atoms in total. The maximum Gasteiger partial charge on any atom is 0.264 e. The number of rotatable bonds is 9. The molecule has 0 aliphatic rings. The Kier molecular flexibility index (Phi) is 7.86. The quantitative estimate of drug-likeness (QED) is 0.455. The Morgan fingerprint density at radius 3 is 2.32 bits per heavy atom. The third kappa shape index (κ3) is 5.52. The molecule has 0 unspecified atom stereocenters. The molecule has 2 N–H and O–H groups in total. The lowest BCUT2D eigenvalue weighted by Crippen LogP contribution is -2.39. The van der Waals surface area contributed by atoms with Crippen molar-refractivity contribution in [3.8, 4) is 0 Å². The Morgan fingerprint density at radius 1 is 0.941 bits per heavy atom. The first-order chi connectivity index (χ1) is 16.3. The fourth-order valence-corrected chi connectivity index (χ4v) is 4.90. The number of sulfonamides is 1. The van der Waals surface area contributed by atoms with Gasteiger partial charge in [-0.3, -0.25) is 13.9 Å². The van der Waals surface area contributed by atoms with Crippen LogP contribution >= 0.6 is 0 Å². The van der Waals surface area contributed by atoms with Crippen LogP contribution in [0.25, 0.3) is 0 Å². The average molecular weight is 478 g/mol. The summed E-state index contributed by atoms with van der Waals surface area (Å²) >= 11 is 0. The lowest BCUT2D eigenvalue weighted by Gasteiger charge is -2.26. The van der Waals surface area contributed by atoms with Crippen LogP contribution < -0.4 is 14.9 Å². The van der Waals surface area contributed by atoms with Gasteiger partial charge >= 0.3 is 0 Å². The number of benzene rings is 3. The zero-order chi connectivity index (χ0) is 24.7. The maximum absolute atomic E-state index is 13.6. The molecule has 0 heterocycles. The van der Waals surface area contributed by atoms with Gasteiger partial charge in [-0.25, -0.2) is 8.42 Å². The van der Waals surface area contributed by atoms with Crippen molar-refractivity contribution in [1.82, 2.24) is 5.32 Å². The highest BCUT2D eigenvalue weighted by atomic mass is 32.2. The largest absolute Gasteiger partial charge is 0.349 e. The molecule has 0 atom stereocenters. The van der Waals surface area contributed by atoms with Crippen molar-refractivity contribution < 1.29 is 18.0 Å². The van der Waals surface area contributed by atoms with E-state index < -0.39 is 22.5 Å². The van der Waals surface area contributed by atoms with Crippen molar-refractivity contribution in [2.45, 2.75) is 18.7 Å². The summed E-state index contributed by atoms with van der Waals surface area (Å²) in [6, 6.07) is 19.8. The monoisotopic (exact) mass is 477 g/mol. The summed E-state index contributed by atoms with van der Waals surface area (Å²) in [7, 11) is -4.04. The number of carbonyl (C=O) groups is 2. The Hall–Kier alpha value is -3.91. The highest BCUT2D eigenvalue weighted by molar-refractivity contribution is 7.92. The zero-order valence-electron chi connectivity index (χ0n) is 19.1. The van der Waals surface area contributed by atoms with E-state index >= 15 is 0 Å². The lowest BCUT2D eigenvalue weighted by atomic mass is 10.1. The molecule has 0 fully saturated rings. The van der Waals surface area contributed by atoms with Gasteiger partial charge in [-0.2, -0.15) is 0 Å². The lowest BCUT2D eigenvalue weighted by molar-refractivity contribution is -0.114. The number of nitrogens with zero attached hydrogens (tertiary/aromatic N) is 1. The van der Waals surface area contributed by atoms with Gasteiger partial charge in [0.05, 0.1) is 21.8 Å². The minimum Gasteiger partial charge on any atom is -0.349 e. The molecule has 34 heavy (non-hydrogen) atoms. The van der Waals surface area contributed by atoms with Crippen LogP contribution in [0.3, 0.4) is 0 Å². The predicted molar refractivity (Wildman–Crippen MR) is 134 cm³/mol. The standard InChI is InChI=1S/C26H27N3O4S/c1-4-17-27-26(31)22-14-8-9-15-23(22)28-25(30)18-29(24-16-10-11-19(2)20(24)3)34(32,33)21-12-6-5-7-13-21/h4-16H,1,17-18H2,2-3H3,(H,27,31)(H,28,30).